The highest BCUT2D eigenvalue weighted by atomic mass is 16.4. The number of aliphatic carboxylic acids is 1. The molecule has 1 aliphatic rings. The molecule has 0 radical (unpaired) electrons. The Morgan fingerprint density at radius 3 is 2.50 bits per heavy atom. The quantitative estimate of drug-likeness (QED) is 0.650. The molecule has 0 amide bonds. The molecule has 1 fully saturated rings. The molecule has 0 aromatic carbocycles. The van der Waals surface area contributed by atoms with E-state index in [9.17, 15) is 4.79 Å². The Morgan fingerprint density at radius 1 is 1.50 bits per heavy atom. The Labute approximate surface area is 72.7 Å². The summed E-state index contributed by atoms with van der Waals surface area (Å²) in [5, 5.41) is 8.74. The first-order chi connectivity index (χ1) is 5.74. The lowest BCUT2D eigenvalue weighted by Crippen LogP contribution is -2.14. The molecule has 68 valence electrons. The van der Waals surface area contributed by atoms with Crippen molar-refractivity contribution in [1.29, 1.82) is 0 Å². The number of carboxylic acids is 1. The maximum atomic E-state index is 10.6. The molecule has 3 nitrogen and oxygen atoms in total. The Balaban J connectivity index is 2.56. The molecule has 1 heterocycles. The van der Waals surface area contributed by atoms with E-state index in [2.05, 4.69) is 4.90 Å². The van der Waals surface area contributed by atoms with Crippen LogP contribution < -0.4 is 0 Å². The van der Waals surface area contributed by atoms with Crippen molar-refractivity contribution in [3.63, 3.8) is 0 Å². The van der Waals surface area contributed by atoms with Gasteiger partial charge >= 0.3 is 5.97 Å². The number of rotatable bonds is 3. The van der Waals surface area contributed by atoms with Gasteiger partial charge in [0.2, 0.25) is 0 Å². The molecule has 0 spiro atoms. The molecule has 1 rings (SSSR count). The second-order valence-corrected chi connectivity index (χ2v) is 3.06. The summed E-state index contributed by atoms with van der Waals surface area (Å²) in [5.41, 5.74) is 0.511. The van der Waals surface area contributed by atoms with Crippen LogP contribution in [-0.4, -0.2) is 29.1 Å². The smallest absolute Gasteiger partial charge is 0.333 e. The Bertz CT molecular complexity index is 193. The van der Waals surface area contributed by atoms with Crippen molar-refractivity contribution in [3.8, 4) is 0 Å². The van der Waals surface area contributed by atoms with Gasteiger partial charge in [0.05, 0.1) is 5.57 Å². The molecule has 0 bridgehead atoms. The van der Waals surface area contributed by atoms with Crippen LogP contribution in [0.25, 0.3) is 0 Å². The van der Waals surface area contributed by atoms with Crippen molar-refractivity contribution >= 4 is 5.97 Å². The second-order valence-electron chi connectivity index (χ2n) is 3.06. The summed E-state index contributed by atoms with van der Waals surface area (Å²) in [7, 11) is 0. The molecule has 0 unspecified atom stereocenters. The molecule has 12 heavy (non-hydrogen) atoms. The third-order valence-corrected chi connectivity index (χ3v) is 2.13. The largest absolute Gasteiger partial charge is 0.478 e. The molecule has 0 aromatic heterocycles. The summed E-state index contributed by atoms with van der Waals surface area (Å²) >= 11 is 0. The Kier molecular flexibility index (Phi) is 3.14. The lowest BCUT2D eigenvalue weighted by molar-refractivity contribution is -0.132. The average Bonchev–Trinajstić information content (AvgIpc) is 2.51. The van der Waals surface area contributed by atoms with Crippen LogP contribution in [0.5, 0.6) is 0 Å². The molecule has 3 heteroatoms. The minimum atomic E-state index is -0.788. The fourth-order valence-corrected chi connectivity index (χ4v) is 1.39. The van der Waals surface area contributed by atoms with Gasteiger partial charge in [-0.05, 0) is 19.3 Å². The highest BCUT2D eigenvalue weighted by Gasteiger charge is 2.11. The van der Waals surface area contributed by atoms with Gasteiger partial charge in [-0.15, -0.1) is 0 Å². The summed E-state index contributed by atoms with van der Waals surface area (Å²) in [6.07, 6.45) is 4.77. The highest BCUT2D eigenvalue weighted by molar-refractivity contribution is 5.86. The summed E-state index contributed by atoms with van der Waals surface area (Å²) in [6, 6.07) is 0. The van der Waals surface area contributed by atoms with Crippen molar-refractivity contribution in [2.24, 2.45) is 0 Å². The number of hydrogen-bond acceptors (Lipinski definition) is 2. The SMILES string of the molecule is CCC(=CN1CCCC1)C(=O)O. The van der Waals surface area contributed by atoms with Crippen LogP contribution in [0.1, 0.15) is 26.2 Å². The highest BCUT2D eigenvalue weighted by Crippen LogP contribution is 2.11. The van der Waals surface area contributed by atoms with Gasteiger partial charge in [-0.25, -0.2) is 4.79 Å². The van der Waals surface area contributed by atoms with Crippen LogP contribution >= 0.6 is 0 Å². The summed E-state index contributed by atoms with van der Waals surface area (Å²) in [5.74, 6) is -0.788. The van der Waals surface area contributed by atoms with E-state index in [1.165, 1.54) is 12.8 Å². The van der Waals surface area contributed by atoms with E-state index < -0.39 is 5.97 Å². The van der Waals surface area contributed by atoms with E-state index >= 15 is 0 Å². The monoisotopic (exact) mass is 169 g/mol. The van der Waals surface area contributed by atoms with Gasteiger partial charge in [0.1, 0.15) is 0 Å². The maximum Gasteiger partial charge on any atom is 0.333 e. The fraction of sp³-hybridized carbons (Fsp3) is 0.667. The zero-order valence-electron chi connectivity index (χ0n) is 7.42. The standard InChI is InChI=1S/C9H15NO2/c1-2-8(9(11)12)7-10-5-3-4-6-10/h7H,2-6H2,1H3,(H,11,12). The van der Waals surface area contributed by atoms with Crippen LogP contribution in [0.4, 0.5) is 0 Å². The predicted octanol–water partition coefficient (Wildman–Crippen LogP) is 1.46. The predicted molar refractivity (Wildman–Crippen MR) is 46.8 cm³/mol. The number of carbonyl (C=O) groups is 1. The lowest BCUT2D eigenvalue weighted by Gasteiger charge is -2.12. The molecule has 1 aliphatic heterocycles. The molecule has 0 atom stereocenters. The summed E-state index contributed by atoms with van der Waals surface area (Å²) < 4.78 is 0. The van der Waals surface area contributed by atoms with Gasteiger partial charge < -0.3 is 10.0 Å². The van der Waals surface area contributed by atoms with E-state index in [0.717, 1.165) is 13.1 Å². The third-order valence-electron chi connectivity index (χ3n) is 2.13. The summed E-state index contributed by atoms with van der Waals surface area (Å²) in [6.45, 7) is 3.89. The topological polar surface area (TPSA) is 40.5 Å². The zero-order valence-corrected chi connectivity index (χ0v) is 7.42. The molecule has 0 aromatic rings. The first-order valence-electron chi connectivity index (χ1n) is 4.42. The molecular formula is C9H15NO2. The zero-order chi connectivity index (χ0) is 8.97. The minimum Gasteiger partial charge on any atom is -0.478 e. The van der Waals surface area contributed by atoms with Gasteiger partial charge in [0, 0.05) is 19.3 Å². The lowest BCUT2D eigenvalue weighted by atomic mass is 10.2. The minimum absolute atomic E-state index is 0.511. The van der Waals surface area contributed by atoms with Crippen molar-refractivity contribution in [2.45, 2.75) is 26.2 Å². The number of nitrogens with zero attached hydrogens (tertiary/aromatic N) is 1. The molecule has 0 aliphatic carbocycles. The van der Waals surface area contributed by atoms with Crippen molar-refractivity contribution in [3.05, 3.63) is 11.8 Å². The van der Waals surface area contributed by atoms with Gasteiger partial charge in [0.15, 0.2) is 0 Å². The van der Waals surface area contributed by atoms with Gasteiger partial charge in [0.25, 0.3) is 0 Å². The first-order valence-corrected chi connectivity index (χ1v) is 4.42. The molecular weight excluding hydrogens is 154 g/mol. The van der Waals surface area contributed by atoms with Crippen LogP contribution in [0.3, 0.4) is 0 Å². The van der Waals surface area contributed by atoms with E-state index in [4.69, 9.17) is 5.11 Å². The van der Waals surface area contributed by atoms with Crippen LogP contribution in [-0.2, 0) is 4.79 Å². The Hall–Kier alpha value is -0.990. The van der Waals surface area contributed by atoms with E-state index in [-0.39, 0.29) is 0 Å². The average molecular weight is 169 g/mol. The van der Waals surface area contributed by atoms with Gasteiger partial charge in [-0.1, -0.05) is 6.92 Å². The van der Waals surface area contributed by atoms with E-state index in [0.29, 0.717) is 12.0 Å². The molecule has 1 N–H and O–H groups in total. The third kappa shape index (κ3) is 2.26. The molecule has 1 saturated heterocycles. The number of likely N-dealkylation sites (tertiary alicyclic amines) is 1. The van der Waals surface area contributed by atoms with Crippen molar-refractivity contribution < 1.29 is 9.90 Å². The van der Waals surface area contributed by atoms with Crippen LogP contribution in [0.15, 0.2) is 11.8 Å². The maximum absolute atomic E-state index is 10.6. The number of hydrogen-bond donors (Lipinski definition) is 1. The summed E-state index contributed by atoms with van der Waals surface area (Å²) in [4.78, 5) is 12.7. The Morgan fingerprint density at radius 2 is 2.08 bits per heavy atom. The van der Waals surface area contributed by atoms with E-state index in [1.807, 2.05) is 6.92 Å². The fourth-order valence-electron chi connectivity index (χ4n) is 1.39. The van der Waals surface area contributed by atoms with E-state index in [1.54, 1.807) is 6.20 Å². The van der Waals surface area contributed by atoms with Gasteiger partial charge in [-0.2, -0.15) is 0 Å². The first kappa shape index (κ1) is 9.10. The van der Waals surface area contributed by atoms with Crippen LogP contribution in [0.2, 0.25) is 0 Å². The molecule has 0 saturated carbocycles. The van der Waals surface area contributed by atoms with Crippen molar-refractivity contribution in [2.75, 3.05) is 13.1 Å². The number of carboxylic acid groups (broad SMARTS) is 1. The second kappa shape index (κ2) is 4.14. The normalized spacial score (nSPS) is 18.4. The van der Waals surface area contributed by atoms with Gasteiger partial charge in [-0.3, -0.25) is 0 Å². The van der Waals surface area contributed by atoms with Crippen molar-refractivity contribution in [1.82, 2.24) is 4.90 Å². The van der Waals surface area contributed by atoms with Crippen LogP contribution in [0, 0.1) is 0 Å².